The zero-order valence-electron chi connectivity index (χ0n) is 29.3. The van der Waals surface area contributed by atoms with Crippen LogP contribution in [0, 0.1) is 11.8 Å². The number of fused-ring (bicyclic) bond motifs is 1. The fourth-order valence-corrected chi connectivity index (χ4v) is 9.78. The number of benzene rings is 2. The number of carbonyl (C=O) groups is 4. The van der Waals surface area contributed by atoms with Crippen LogP contribution in [0.25, 0.3) is 0 Å². The van der Waals surface area contributed by atoms with Crippen LogP contribution in [-0.4, -0.2) is 108 Å². The minimum atomic E-state index is -1.62. The second kappa shape index (κ2) is 17.2. The average Bonchev–Trinajstić information content (AvgIpc) is 3.72. The maximum Gasteiger partial charge on any atom is 0.336 e. The summed E-state index contributed by atoms with van der Waals surface area (Å²) in [5.74, 6) is -1.93. The third-order valence-electron chi connectivity index (χ3n) is 10.6. The molecule has 3 unspecified atom stereocenters. The summed E-state index contributed by atoms with van der Waals surface area (Å²) < 4.78 is 24.1. The third-order valence-corrected chi connectivity index (χ3v) is 12.6. The number of dihydropyridines is 1. The Kier molecular flexibility index (Phi) is 13.1. The molecular weight excluding hydrogens is 751 g/mol. The predicted octanol–water partition coefficient (Wildman–Crippen LogP) is 4.56. The van der Waals surface area contributed by atoms with E-state index in [9.17, 15) is 23.4 Å². The second-order valence-corrected chi connectivity index (χ2v) is 15.7. The number of esters is 2. The fourth-order valence-electron chi connectivity index (χ4n) is 8.05. The van der Waals surface area contributed by atoms with E-state index in [4.69, 9.17) is 32.7 Å². The first-order chi connectivity index (χ1) is 24.5. The largest absolute Gasteiger partial charge is 0.466 e. The molecule has 2 amide bonds. The molecule has 1 saturated carbocycles. The number of halogens is 3. The van der Waals surface area contributed by atoms with E-state index in [1.54, 1.807) is 54.3 Å². The van der Waals surface area contributed by atoms with Gasteiger partial charge in [0.2, 0.25) is 11.8 Å². The molecule has 11 nitrogen and oxygen atoms in total. The van der Waals surface area contributed by atoms with Crippen molar-refractivity contribution in [2.24, 2.45) is 11.8 Å². The van der Waals surface area contributed by atoms with Gasteiger partial charge in [-0.3, -0.25) is 18.7 Å². The summed E-state index contributed by atoms with van der Waals surface area (Å²) in [5.41, 5.74) is 0.681. The molecule has 2 aromatic rings. The van der Waals surface area contributed by atoms with Crippen molar-refractivity contribution in [1.29, 1.82) is 0 Å². The van der Waals surface area contributed by atoms with E-state index in [0.29, 0.717) is 49.0 Å². The lowest BCUT2D eigenvalue weighted by Gasteiger charge is -2.39. The van der Waals surface area contributed by atoms with E-state index in [2.05, 4.69) is 10.2 Å². The summed E-state index contributed by atoms with van der Waals surface area (Å²) in [5, 5.41) is 3.55. The van der Waals surface area contributed by atoms with E-state index < -0.39 is 28.7 Å². The van der Waals surface area contributed by atoms with Crippen molar-refractivity contribution in [1.82, 2.24) is 20.0 Å². The number of carbonyl (C=O) groups excluding carboxylic acids is 4. The maximum absolute atomic E-state index is 14.0. The molecule has 3 heterocycles. The molecular formula is C37H43Cl3N4O7S. The molecule has 0 bridgehead atoms. The summed E-state index contributed by atoms with van der Waals surface area (Å²) in [6.45, 7) is 5.75. The van der Waals surface area contributed by atoms with Gasteiger partial charge >= 0.3 is 11.9 Å². The highest BCUT2D eigenvalue weighted by atomic mass is 35.5. The Bertz CT molecular complexity index is 1760. The number of nitrogens with one attached hydrogen (secondary N) is 1. The van der Waals surface area contributed by atoms with Gasteiger partial charge in [-0.15, -0.1) is 12.4 Å². The Hall–Kier alpha value is -3.42. The number of hydrogen-bond donors (Lipinski definition) is 1. The Labute approximate surface area is 322 Å². The van der Waals surface area contributed by atoms with E-state index >= 15 is 0 Å². The molecule has 52 heavy (non-hydrogen) atoms. The smallest absolute Gasteiger partial charge is 0.336 e. The van der Waals surface area contributed by atoms with Gasteiger partial charge in [0, 0.05) is 84.1 Å². The van der Waals surface area contributed by atoms with Gasteiger partial charge in [0.05, 0.1) is 54.3 Å². The molecule has 1 N–H and O–H groups in total. The minimum absolute atomic E-state index is 0. The van der Waals surface area contributed by atoms with Crippen LogP contribution >= 0.6 is 35.6 Å². The molecule has 3 fully saturated rings. The van der Waals surface area contributed by atoms with Crippen molar-refractivity contribution in [3.63, 3.8) is 0 Å². The van der Waals surface area contributed by atoms with Crippen molar-refractivity contribution in [2.75, 3.05) is 59.2 Å². The van der Waals surface area contributed by atoms with Crippen molar-refractivity contribution in [3.8, 4) is 0 Å². The first kappa shape index (κ1) is 39.8. The van der Waals surface area contributed by atoms with Crippen LogP contribution in [0.4, 0.5) is 0 Å². The highest BCUT2D eigenvalue weighted by molar-refractivity contribution is 7.85. The molecule has 3 aliphatic heterocycles. The number of hydrogen-bond acceptors (Lipinski definition) is 9. The van der Waals surface area contributed by atoms with Crippen LogP contribution in [0.3, 0.4) is 0 Å². The van der Waals surface area contributed by atoms with Crippen molar-refractivity contribution >= 4 is 70.2 Å². The normalized spacial score (nSPS) is 23.8. The maximum atomic E-state index is 14.0. The molecule has 0 spiro atoms. The van der Waals surface area contributed by atoms with Crippen LogP contribution in [0.1, 0.15) is 37.7 Å². The summed E-state index contributed by atoms with van der Waals surface area (Å²) in [6.07, 6.45) is 1.89. The summed E-state index contributed by atoms with van der Waals surface area (Å²) in [6, 6.07) is 14.0. The van der Waals surface area contributed by atoms with Crippen molar-refractivity contribution < 1.29 is 32.9 Å². The Balaban J connectivity index is 0.00000523. The van der Waals surface area contributed by atoms with Gasteiger partial charge < -0.3 is 24.6 Å². The van der Waals surface area contributed by atoms with Crippen LogP contribution < -0.4 is 5.32 Å². The van der Waals surface area contributed by atoms with Crippen molar-refractivity contribution in [2.45, 2.75) is 43.0 Å². The van der Waals surface area contributed by atoms with E-state index in [1.807, 2.05) is 11.0 Å². The van der Waals surface area contributed by atoms with Crippen molar-refractivity contribution in [3.05, 3.63) is 86.7 Å². The molecule has 2 saturated heterocycles. The number of nitrogens with zero attached hydrogens (tertiary/aromatic N) is 3. The lowest BCUT2D eigenvalue weighted by Crippen LogP contribution is -2.52. The summed E-state index contributed by atoms with van der Waals surface area (Å²) in [4.78, 5) is 59.9. The van der Waals surface area contributed by atoms with E-state index in [1.165, 1.54) is 14.2 Å². The Morgan fingerprint density at radius 3 is 1.90 bits per heavy atom. The summed E-state index contributed by atoms with van der Waals surface area (Å²) in [7, 11) is 0.809. The van der Waals surface area contributed by atoms with Crippen LogP contribution in [0.15, 0.2) is 76.0 Å². The number of piperazine rings is 1. The minimum Gasteiger partial charge on any atom is -0.466 e. The van der Waals surface area contributed by atoms with Gasteiger partial charge in [0.1, 0.15) is 0 Å². The topological polar surface area (TPSA) is 126 Å². The van der Waals surface area contributed by atoms with Gasteiger partial charge in [-0.05, 0) is 48.9 Å². The SMILES string of the molecule is COC(=O)C1=C(CC(=O)N2CCN(C3CC4CN(C(C)=O)CC4C3)CC2)NC(CS(=O)c2ccccc2)=C(C(=O)OC)[C@H]1c1c(Cl)cccc1Cl.Cl. The molecule has 15 heteroatoms. The molecule has 280 valence electrons. The van der Waals surface area contributed by atoms with Gasteiger partial charge in [0.25, 0.3) is 0 Å². The molecule has 1 aliphatic carbocycles. The number of ether oxygens (including phenoxy) is 2. The molecule has 0 aromatic heterocycles. The van der Waals surface area contributed by atoms with Crippen LogP contribution in [-0.2, 0) is 39.5 Å². The number of methoxy groups -OCH3 is 2. The molecule has 6 rings (SSSR count). The lowest BCUT2D eigenvalue weighted by molar-refractivity contribution is -0.137. The molecule has 0 radical (unpaired) electrons. The fraction of sp³-hybridized carbons (Fsp3) is 0.459. The highest BCUT2D eigenvalue weighted by Crippen LogP contribution is 2.46. The van der Waals surface area contributed by atoms with Crippen LogP contribution in [0.5, 0.6) is 0 Å². The Morgan fingerprint density at radius 2 is 1.37 bits per heavy atom. The van der Waals surface area contributed by atoms with E-state index in [-0.39, 0.29) is 74.5 Å². The monoisotopic (exact) mass is 792 g/mol. The van der Waals surface area contributed by atoms with Gasteiger partial charge in [-0.1, -0.05) is 47.5 Å². The number of likely N-dealkylation sites (tertiary alicyclic amines) is 1. The standard InChI is InChI=1S/C37H42Cl2N4O7S.ClH/c1-22(44)43-19-23-16-25(17-24(23)20-43)41-12-14-42(15-13-41)31(45)18-29-33(36(46)49-2)35(32-27(38)10-7-11-28(32)39)34(37(47)50-3)30(40-29)21-51(48)26-8-5-4-6-9-26;/h4-11,23-25,35,40H,12-21H2,1-3H3;1H/t23?,24?,25?,35-,51?;/m0./s1. The lowest BCUT2D eigenvalue weighted by atomic mass is 9.79. The highest BCUT2D eigenvalue weighted by Gasteiger charge is 2.45. The Morgan fingerprint density at radius 1 is 0.808 bits per heavy atom. The molecule has 4 aliphatic rings. The third kappa shape index (κ3) is 8.21. The van der Waals surface area contributed by atoms with E-state index in [0.717, 1.165) is 25.9 Å². The zero-order chi connectivity index (χ0) is 36.4. The van der Waals surface area contributed by atoms with Crippen LogP contribution in [0.2, 0.25) is 10.0 Å². The second-order valence-electron chi connectivity index (χ2n) is 13.4. The first-order valence-electron chi connectivity index (χ1n) is 17.0. The molecule has 4 atom stereocenters. The zero-order valence-corrected chi connectivity index (χ0v) is 32.4. The van der Waals surface area contributed by atoms with Gasteiger partial charge in [-0.25, -0.2) is 9.59 Å². The first-order valence-corrected chi connectivity index (χ1v) is 19.1. The average molecular weight is 794 g/mol. The summed E-state index contributed by atoms with van der Waals surface area (Å²) >= 11 is 13.4. The van der Waals surface area contributed by atoms with Gasteiger partial charge in [-0.2, -0.15) is 0 Å². The predicted molar refractivity (Wildman–Crippen MR) is 200 cm³/mol. The molecule has 2 aromatic carbocycles. The number of rotatable bonds is 9. The quantitative estimate of drug-likeness (QED) is 0.364. The van der Waals surface area contributed by atoms with Gasteiger partial charge in [0.15, 0.2) is 0 Å². The number of amides is 2.